The molecule has 1 saturated heterocycles. The van der Waals surface area contributed by atoms with Crippen molar-refractivity contribution < 1.29 is 14.4 Å². The van der Waals surface area contributed by atoms with Gasteiger partial charge in [-0.1, -0.05) is 18.2 Å². The maximum Gasteiger partial charge on any atom is 0.261 e. The summed E-state index contributed by atoms with van der Waals surface area (Å²) in [6, 6.07) is 3.32. The van der Waals surface area contributed by atoms with Crippen LogP contribution in [0.3, 0.4) is 0 Å². The Morgan fingerprint density at radius 3 is 2.69 bits per heavy atom. The van der Waals surface area contributed by atoms with Gasteiger partial charge in [-0.15, -0.1) is 11.3 Å². The maximum atomic E-state index is 12.6. The second-order valence-electron chi connectivity index (χ2n) is 7.56. The van der Waals surface area contributed by atoms with Gasteiger partial charge >= 0.3 is 0 Å². The number of rotatable bonds is 5. The molecule has 0 radical (unpaired) electrons. The lowest BCUT2D eigenvalue weighted by Gasteiger charge is -2.29. The molecule has 2 atom stereocenters. The van der Waals surface area contributed by atoms with E-state index in [1.54, 1.807) is 18.0 Å². The number of likely N-dealkylation sites (N-methyl/N-ethyl adjacent to an activating group) is 1. The molecule has 0 aromatic carbocycles. The molecule has 0 saturated carbocycles. The summed E-state index contributed by atoms with van der Waals surface area (Å²) in [4.78, 5) is 41.7. The number of hydrogen-bond donors (Lipinski definition) is 1. The fraction of sp³-hybridized carbons (Fsp3) is 0.381. The van der Waals surface area contributed by atoms with Crippen molar-refractivity contribution in [1.29, 1.82) is 0 Å². The van der Waals surface area contributed by atoms with Crippen molar-refractivity contribution in [2.75, 3.05) is 13.6 Å². The Bertz CT molecular complexity index is 978. The summed E-state index contributed by atoms with van der Waals surface area (Å²) in [5.41, 5.74) is 2.65. The highest BCUT2D eigenvalue weighted by Gasteiger charge is 2.36. The third-order valence-corrected chi connectivity index (χ3v) is 7.10. The Hall–Kier alpha value is -2.19. The van der Waals surface area contributed by atoms with Crippen LogP contribution in [0.25, 0.3) is 0 Å². The first-order valence-corrected chi connectivity index (χ1v) is 11.2. The van der Waals surface area contributed by atoms with E-state index in [9.17, 15) is 14.4 Å². The highest BCUT2D eigenvalue weighted by atomic mass is 79.9. The lowest BCUT2D eigenvalue weighted by molar-refractivity contribution is -0.128. The molecule has 0 bridgehead atoms. The average molecular weight is 476 g/mol. The summed E-state index contributed by atoms with van der Waals surface area (Å²) in [6.45, 7) is 2.40. The van der Waals surface area contributed by atoms with Gasteiger partial charge in [-0.05, 0) is 47.0 Å². The molecular formula is C21H22BrN3O3S. The lowest BCUT2D eigenvalue weighted by atomic mass is 9.94. The van der Waals surface area contributed by atoms with Crippen molar-refractivity contribution in [1.82, 2.24) is 15.1 Å². The summed E-state index contributed by atoms with van der Waals surface area (Å²) >= 11 is 4.73. The van der Waals surface area contributed by atoms with Gasteiger partial charge in [0.2, 0.25) is 5.91 Å². The quantitative estimate of drug-likeness (QED) is 0.710. The van der Waals surface area contributed by atoms with E-state index in [0.717, 1.165) is 21.5 Å². The molecule has 2 heterocycles. The zero-order chi connectivity index (χ0) is 20.7. The lowest BCUT2D eigenvalue weighted by Crippen LogP contribution is -2.40. The minimum atomic E-state index is -0.204. The topological polar surface area (TPSA) is 69.7 Å². The van der Waals surface area contributed by atoms with Crippen molar-refractivity contribution in [3.63, 3.8) is 0 Å². The summed E-state index contributed by atoms with van der Waals surface area (Å²) in [6.07, 6.45) is 7.74. The third kappa shape index (κ3) is 4.23. The zero-order valence-corrected chi connectivity index (χ0v) is 18.7. The molecule has 1 aliphatic heterocycles. The smallest absolute Gasteiger partial charge is 0.261 e. The first-order chi connectivity index (χ1) is 13.8. The fourth-order valence-electron chi connectivity index (χ4n) is 3.79. The monoisotopic (exact) mass is 475 g/mol. The molecule has 3 aliphatic rings. The van der Waals surface area contributed by atoms with Crippen LogP contribution in [0.15, 0.2) is 51.0 Å². The van der Waals surface area contributed by atoms with E-state index in [1.807, 2.05) is 36.1 Å². The van der Waals surface area contributed by atoms with Gasteiger partial charge in [0, 0.05) is 37.7 Å². The first kappa shape index (κ1) is 20.1. The van der Waals surface area contributed by atoms with E-state index in [-0.39, 0.29) is 29.8 Å². The molecule has 0 spiro atoms. The molecule has 6 nitrogen and oxygen atoms in total. The summed E-state index contributed by atoms with van der Waals surface area (Å²) in [5, 5.41) is 2.97. The van der Waals surface area contributed by atoms with Crippen LogP contribution in [-0.2, 0) is 9.59 Å². The van der Waals surface area contributed by atoms with Gasteiger partial charge < -0.3 is 15.1 Å². The molecule has 2 aliphatic carbocycles. The van der Waals surface area contributed by atoms with Gasteiger partial charge in [0.05, 0.1) is 20.7 Å². The number of likely N-dealkylation sites (tertiary alicyclic amines) is 1. The largest absolute Gasteiger partial charge is 0.346 e. The second kappa shape index (κ2) is 7.91. The molecule has 1 aromatic rings. The molecule has 1 aromatic heterocycles. The van der Waals surface area contributed by atoms with E-state index in [0.29, 0.717) is 29.8 Å². The Morgan fingerprint density at radius 1 is 1.31 bits per heavy atom. The van der Waals surface area contributed by atoms with E-state index >= 15 is 0 Å². The minimum Gasteiger partial charge on any atom is -0.346 e. The minimum absolute atomic E-state index is 0.000877. The average Bonchev–Trinajstić information content (AvgIpc) is 3.34. The predicted molar refractivity (Wildman–Crippen MR) is 115 cm³/mol. The normalized spacial score (nSPS) is 23.3. The predicted octanol–water partition coefficient (Wildman–Crippen LogP) is 3.23. The van der Waals surface area contributed by atoms with E-state index in [2.05, 4.69) is 21.2 Å². The van der Waals surface area contributed by atoms with Crippen LogP contribution in [0.2, 0.25) is 0 Å². The number of carbonyl (C=O) groups is 3. The summed E-state index contributed by atoms with van der Waals surface area (Å²) in [5.74, 6) is -0.123. The summed E-state index contributed by atoms with van der Waals surface area (Å²) < 4.78 is 0.898. The maximum absolute atomic E-state index is 12.6. The van der Waals surface area contributed by atoms with Crippen molar-refractivity contribution in [3.8, 4) is 0 Å². The van der Waals surface area contributed by atoms with Gasteiger partial charge in [0.1, 0.15) is 0 Å². The molecule has 29 heavy (non-hydrogen) atoms. The number of amides is 3. The van der Waals surface area contributed by atoms with Crippen molar-refractivity contribution in [2.45, 2.75) is 38.3 Å². The van der Waals surface area contributed by atoms with Gasteiger partial charge in [0.15, 0.2) is 0 Å². The van der Waals surface area contributed by atoms with Gasteiger partial charge in [0.25, 0.3) is 11.8 Å². The van der Waals surface area contributed by atoms with Crippen LogP contribution < -0.4 is 5.32 Å². The number of allylic oxidation sites excluding steroid dienone is 2. The molecule has 8 heteroatoms. The molecule has 1 fully saturated rings. The van der Waals surface area contributed by atoms with Crippen molar-refractivity contribution >= 4 is 45.0 Å². The molecule has 1 N–H and O–H groups in total. The van der Waals surface area contributed by atoms with Crippen molar-refractivity contribution in [3.05, 3.63) is 55.9 Å². The molecule has 3 amide bonds. The standard InChI is InChI=1S/C21H22BrN3O3S/c1-12-9-15(5-6-16(12)21(28)24(2)14-3-4-14)25-11-13(10-19(25)26)23-20(27)17-7-8-18(22)29-17/h3,6-9,13,15H,4-5,10-11H2,1-2H3,(H,23,27). The van der Waals surface area contributed by atoms with Gasteiger partial charge in [-0.3, -0.25) is 14.4 Å². The number of carbonyl (C=O) groups excluding carboxylic acids is 3. The van der Waals surface area contributed by atoms with Crippen LogP contribution in [0, 0.1) is 0 Å². The summed E-state index contributed by atoms with van der Waals surface area (Å²) in [7, 11) is 1.80. The Morgan fingerprint density at radius 2 is 2.07 bits per heavy atom. The number of halogens is 1. The number of hydrogen-bond acceptors (Lipinski definition) is 4. The molecule has 2 unspecified atom stereocenters. The fourth-order valence-corrected chi connectivity index (χ4v) is 5.08. The van der Waals surface area contributed by atoms with Gasteiger partial charge in [-0.2, -0.15) is 0 Å². The highest BCUT2D eigenvalue weighted by Crippen LogP contribution is 2.30. The highest BCUT2D eigenvalue weighted by molar-refractivity contribution is 9.11. The number of nitrogens with zero attached hydrogens (tertiary/aromatic N) is 2. The molecular weight excluding hydrogens is 454 g/mol. The molecule has 152 valence electrons. The van der Waals surface area contributed by atoms with Gasteiger partial charge in [-0.25, -0.2) is 0 Å². The van der Waals surface area contributed by atoms with Crippen LogP contribution >= 0.6 is 27.3 Å². The van der Waals surface area contributed by atoms with E-state index in [4.69, 9.17) is 0 Å². The third-order valence-electron chi connectivity index (χ3n) is 5.47. The first-order valence-electron chi connectivity index (χ1n) is 9.55. The van der Waals surface area contributed by atoms with Crippen LogP contribution in [0.1, 0.15) is 35.9 Å². The van der Waals surface area contributed by atoms with Crippen LogP contribution in [0.5, 0.6) is 0 Å². The van der Waals surface area contributed by atoms with E-state index in [1.165, 1.54) is 11.3 Å². The Balaban J connectivity index is 1.38. The van der Waals surface area contributed by atoms with Crippen LogP contribution in [0.4, 0.5) is 0 Å². The zero-order valence-electron chi connectivity index (χ0n) is 16.3. The SMILES string of the molecule is CC1=CC(N2CC(NC(=O)c3ccc(Br)s3)CC2=O)CC=C1C(=O)N(C)C1=CC1. The second-order valence-corrected chi connectivity index (χ2v) is 10.0. The van der Waals surface area contributed by atoms with Crippen LogP contribution in [-0.4, -0.2) is 53.2 Å². The Kier molecular flexibility index (Phi) is 5.48. The Labute approximate surface area is 182 Å². The number of nitrogens with one attached hydrogen (secondary N) is 1. The van der Waals surface area contributed by atoms with E-state index < -0.39 is 0 Å². The number of thiophene rings is 1. The van der Waals surface area contributed by atoms with Crippen molar-refractivity contribution in [2.24, 2.45) is 0 Å². The molecule has 4 rings (SSSR count).